The Balaban J connectivity index is 1.83. The van der Waals surface area contributed by atoms with Gasteiger partial charge in [-0.2, -0.15) is 4.98 Å². The molecule has 2 heterocycles. The Kier molecular flexibility index (Phi) is 5.65. The van der Waals surface area contributed by atoms with E-state index in [0.717, 1.165) is 16.7 Å². The van der Waals surface area contributed by atoms with Crippen molar-refractivity contribution in [2.45, 2.75) is 58.9 Å². The number of hydrogen-bond donors (Lipinski definition) is 2. The minimum atomic E-state index is -0.313. The number of aromatic nitrogens is 3. The molecule has 0 aliphatic rings. The normalized spacial score (nSPS) is 12.1. The van der Waals surface area contributed by atoms with Crippen molar-refractivity contribution in [1.29, 1.82) is 0 Å². The second-order valence-electron chi connectivity index (χ2n) is 9.35. The molecule has 2 N–H and O–H groups in total. The van der Waals surface area contributed by atoms with Crippen LogP contribution in [0.4, 0.5) is 0 Å². The predicted molar refractivity (Wildman–Crippen MR) is 114 cm³/mol. The number of nitrogens with one attached hydrogen (secondary N) is 1. The molecule has 2 aromatic heterocycles. The van der Waals surface area contributed by atoms with Gasteiger partial charge in [0.1, 0.15) is 5.75 Å². The zero-order valence-corrected chi connectivity index (χ0v) is 18.3. The maximum atomic E-state index is 12.9. The number of carbonyl (C=O) groups is 1. The fourth-order valence-corrected chi connectivity index (χ4v) is 3.11. The number of carbonyl (C=O) groups excluding carboxylic acids is 1. The monoisotopic (exact) mass is 408 g/mol. The van der Waals surface area contributed by atoms with E-state index >= 15 is 0 Å². The Morgan fingerprint density at radius 1 is 1.03 bits per heavy atom. The van der Waals surface area contributed by atoms with Gasteiger partial charge < -0.3 is 14.9 Å². The first kappa shape index (κ1) is 21.5. The van der Waals surface area contributed by atoms with Crippen LogP contribution >= 0.6 is 0 Å². The Morgan fingerprint density at radius 2 is 1.60 bits per heavy atom. The number of amides is 1. The molecule has 0 radical (unpaired) electrons. The summed E-state index contributed by atoms with van der Waals surface area (Å²) in [6.07, 6.45) is 3.30. The highest BCUT2D eigenvalue weighted by Crippen LogP contribution is 2.39. The molecule has 3 aromatic rings. The van der Waals surface area contributed by atoms with Crippen LogP contribution < -0.4 is 5.32 Å². The summed E-state index contributed by atoms with van der Waals surface area (Å²) in [5.74, 6) is 0.720. The van der Waals surface area contributed by atoms with Gasteiger partial charge in [0, 0.05) is 34.6 Å². The molecule has 0 saturated carbocycles. The first-order valence-electron chi connectivity index (χ1n) is 9.86. The van der Waals surface area contributed by atoms with Crippen LogP contribution in [-0.2, 0) is 17.4 Å². The fraction of sp³-hybridized carbons (Fsp3) is 0.391. The van der Waals surface area contributed by atoms with E-state index in [1.807, 2.05) is 41.5 Å². The van der Waals surface area contributed by atoms with E-state index in [4.69, 9.17) is 4.52 Å². The smallest absolute Gasteiger partial charge is 0.251 e. The van der Waals surface area contributed by atoms with Crippen molar-refractivity contribution in [1.82, 2.24) is 20.4 Å². The third-order valence-electron chi connectivity index (χ3n) is 4.79. The molecule has 0 aliphatic heterocycles. The van der Waals surface area contributed by atoms with Gasteiger partial charge in [-0.15, -0.1) is 0 Å². The first-order valence-corrected chi connectivity index (χ1v) is 9.86. The van der Waals surface area contributed by atoms with Crippen molar-refractivity contribution in [3.8, 4) is 17.1 Å². The molecule has 7 heteroatoms. The lowest BCUT2D eigenvalue weighted by atomic mass is 9.78. The van der Waals surface area contributed by atoms with Gasteiger partial charge in [0.2, 0.25) is 11.7 Å². The van der Waals surface area contributed by atoms with Crippen LogP contribution in [0.25, 0.3) is 11.4 Å². The van der Waals surface area contributed by atoms with E-state index in [0.29, 0.717) is 17.3 Å². The topological polar surface area (TPSA) is 101 Å². The molecule has 1 amide bonds. The molecule has 0 spiro atoms. The average molecular weight is 409 g/mol. The van der Waals surface area contributed by atoms with Crippen LogP contribution in [0.15, 0.2) is 41.2 Å². The van der Waals surface area contributed by atoms with Gasteiger partial charge in [-0.1, -0.05) is 46.7 Å². The molecule has 0 fully saturated rings. The lowest BCUT2D eigenvalue weighted by molar-refractivity contribution is 0.0946. The zero-order valence-electron chi connectivity index (χ0n) is 18.3. The van der Waals surface area contributed by atoms with Gasteiger partial charge in [-0.3, -0.25) is 9.78 Å². The third kappa shape index (κ3) is 4.67. The SMILES string of the molecule is CC(C)(C)c1cc(C(=O)NCc2nc(-c3ccncc3)no2)cc(C(C)(C)C)c1O. The lowest BCUT2D eigenvalue weighted by Crippen LogP contribution is -2.25. The second-order valence-corrected chi connectivity index (χ2v) is 9.35. The summed E-state index contributed by atoms with van der Waals surface area (Å²) in [4.78, 5) is 21.2. The van der Waals surface area contributed by atoms with E-state index in [1.54, 1.807) is 36.7 Å². The third-order valence-corrected chi connectivity index (χ3v) is 4.79. The van der Waals surface area contributed by atoms with Crippen LogP contribution in [0.3, 0.4) is 0 Å². The summed E-state index contributed by atoms with van der Waals surface area (Å²) < 4.78 is 5.24. The average Bonchev–Trinajstić information content (AvgIpc) is 3.14. The van der Waals surface area contributed by atoms with Gasteiger partial charge in [0.05, 0.1) is 6.54 Å². The van der Waals surface area contributed by atoms with E-state index in [1.165, 1.54) is 0 Å². The van der Waals surface area contributed by atoms with E-state index < -0.39 is 0 Å². The molecule has 1 aromatic carbocycles. The van der Waals surface area contributed by atoms with E-state index in [-0.39, 0.29) is 29.0 Å². The fourth-order valence-electron chi connectivity index (χ4n) is 3.11. The van der Waals surface area contributed by atoms with Crippen LogP contribution in [-0.4, -0.2) is 26.1 Å². The van der Waals surface area contributed by atoms with Crippen molar-refractivity contribution >= 4 is 5.91 Å². The van der Waals surface area contributed by atoms with Crippen molar-refractivity contribution < 1.29 is 14.4 Å². The number of pyridine rings is 1. The Morgan fingerprint density at radius 3 is 2.13 bits per heavy atom. The van der Waals surface area contributed by atoms with Gasteiger partial charge in [0.25, 0.3) is 5.91 Å². The molecular formula is C23H28N4O3. The van der Waals surface area contributed by atoms with Crippen LogP contribution in [0.5, 0.6) is 5.75 Å². The highest BCUT2D eigenvalue weighted by Gasteiger charge is 2.27. The maximum absolute atomic E-state index is 12.9. The Labute approximate surface area is 176 Å². The molecule has 0 unspecified atom stereocenters. The number of phenols is 1. The molecular weight excluding hydrogens is 380 g/mol. The van der Waals surface area contributed by atoms with Gasteiger partial charge in [-0.25, -0.2) is 0 Å². The first-order chi connectivity index (χ1) is 14.0. The van der Waals surface area contributed by atoms with Crippen molar-refractivity contribution in [2.24, 2.45) is 0 Å². The molecule has 30 heavy (non-hydrogen) atoms. The minimum absolute atomic E-state index is 0.105. The maximum Gasteiger partial charge on any atom is 0.251 e. The predicted octanol–water partition coefficient (Wildman–Crippen LogP) is 4.36. The zero-order chi connectivity index (χ0) is 22.1. The van der Waals surface area contributed by atoms with Crippen LogP contribution in [0, 0.1) is 0 Å². The molecule has 3 rings (SSSR count). The van der Waals surface area contributed by atoms with Gasteiger partial charge in [-0.05, 0) is 35.1 Å². The Hall–Kier alpha value is -3.22. The van der Waals surface area contributed by atoms with Crippen molar-refractivity contribution in [3.05, 3.63) is 59.2 Å². The summed E-state index contributed by atoms with van der Waals surface area (Å²) in [6, 6.07) is 7.06. The number of aromatic hydroxyl groups is 1. The van der Waals surface area contributed by atoms with E-state index in [2.05, 4.69) is 20.4 Å². The standard InChI is InChI=1S/C23H28N4O3/c1-22(2,3)16-11-15(12-17(19(16)28)23(4,5)6)21(29)25-13-18-26-20(27-30-18)14-7-9-24-10-8-14/h7-12,28H,13H2,1-6H3,(H,25,29). The summed E-state index contributed by atoms with van der Waals surface area (Å²) in [6.45, 7) is 12.2. The number of rotatable bonds is 4. The van der Waals surface area contributed by atoms with Crippen LogP contribution in [0.2, 0.25) is 0 Å². The molecule has 0 saturated heterocycles. The molecule has 0 aliphatic carbocycles. The van der Waals surface area contributed by atoms with Crippen molar-refractivity contribution in [3.63, 3.8) is 0 Å². The second kappa shape index (κ2) is 7.89. The highest BCUT2D eigenvalue weighted by atomic mass is 16.5. The summed E-state index contributed by atoms with van der Waals surface area (Å²) >= 11 is 0. The van der Waals surface area contributed by atoms with Crippen molar-refractivity contribution in [2.75, 3.05) is 0 Å². The highest BCUT2D eigenvalue weighted by molar-refractivity contribution is 5.95. The van der Waals surface area contributed by atoms with Crippen LogP contribution in [0.1, 0.15) is 68.9 Å². The van der Waals surface area contributed by atoms with Gasteiger partial charge >= 0.3 is 0 Å². The molecule has 7 nitrogen and oxygen atoms in total. The van der Waals surface area contributed by atoms with Gasteiger partial charge in [0.15, 0.2) is 0 Å². The molecule has 0 atom stereocenters. The number of phenolic OH excluding ortho intramolecular Hbond substituents is 1. The largest absolute Gasteiger partial charge is 0.507 e. The summed E-state index contributed by atoms with van der Waals surface area (Å²) in [7, 11) is 0. The number of benzene rings is 1. The Bertz CT molecular complexity index is 1010. The quantitative estimate of drug-likeness (QED) is 0.665. The summed E-state index contributed by atoms with van der Waals surface area (Å²) in [5, 5.41) is 17.6. The minimum Gasteiger partial charge on any atom is -0.507 e. The number of nitrogens with zero attached hydrogens (tertiary/aromatic N) is 3. The molecule has 158 valence electrons. The number of hydrogen-bond acceptors (Lipinski definition) is 6. The lowest BCUT2D eigenvalue weighted by Gasteiger charge is -2.28. The summed E-state index contributed by atoms with van der Waals surface area (Å²) in [5.41, 5.74) is 2.11. The molecule has 0 bridgehead atoms. The van der Waals surface area contributed by atoms with E-state index in [9.17, 15) is 9.90 Å².